The Morgan fingerprint density at radius 1 is 0.667 bits per heavy atom. The minimum absolute atomic E-state index is 0.0857. The zero-order valence-electron chi connectivity index (χ0n) is 38.8. The van der Waals surface area contributed by atoms with E-state index < -0.39 is 38.1 Å². The van der Waals surface area contributed by atoms with E-state index in [-0.39, 0.29) is 40.3 Å². The molecule has 10 heteroatoms. The van der Waals surface area contributed by atoms with Crippen molar-refractivity contribution >= 4 is 25.1 Å². The summed E-state index contributed by atoms with van der Waals surface area (Å²) in [7, 11) is -2.81. The smallest absolute Gasteiger partial charge is 0.349 e. The van der Waals surface area contributed by atoms with Gasteiger partial charge >= 0.3 is 8.56 Å². The summed E-state index contributed by atoms with van der Waals surface area (Å²) in [6.45, 7) is 19.8. The average molecular weight is 879 g/mol. The summed E-state index contributed by atoms with van der Waals surface area (Å²) >= 11 is 0. The summed E-state index contributed by atoms with van der Waals surface area (Å²) in [5.41, 5.74) is 1.96. The first-order chi connectivity index (χ1) is 30.0. The molecule has 0 radical (unpaired) electrons. The molecule has 0 amide bonds. The van der Waals surface area contributed by atoms with Crippen LogP contribution < -0.4 is 0 Å². The molecule has 4 aromatic carbocycles. The highest BCUT2D eigenvalue weighted by molar-refractivity contribution is 6.73. The summed E-state index contributed by atoms with van der Waals surface area (Å²) in [6, 6.07) is 35.2. The predicted octanol–water partition coefficient (Wildman–Crippen LogP) is 11.0. The van der Waals surface area contributed by atoms with Crippen LogP contribution in [0.4, 0.5) is 0 Å². The highest BCUT2D eigenvalue weighted by Gasteiger charge is 2.67. The van der Waals surface area contributed by atoms with Crippen LogP contribution in [-0.2, 0) is 61.9 Å². The van der Waals surface area contributed by atoms with Crippen molar-refractivity contribution in [2.24, 2.45) is 0 Å². The minimum atomic E-state index is -2.81. The van der Waals surface area contributed by atoms with E-state index in [0.29, 0.717) is 71.6 Å². The largest absolute Gasteiger partial charge is 0.390 e. The van der Waals surface area contributed by atoms with Crippen LogP contribution in [0.5, 0.6) is 0 Å². The standard InChI is InChI=1S/C53H70O9Si/c1-50(2,3)63(51(4,5)6)58-36-53(8)49(61-63)31-48-52(7,62-53)27-17-24-42(54)43(60-48)29-46-44(57-34-39-25-26-40-22-15-16-23-41(40)28-39)30-45(56-33-38-20-13-10-14-21-38)47(59-46)35-55-32-37-18-11-9-12-19-37/h9-16,18-23,25-26,28,43-49H,17,24,27,29-36H2,1-8H3/t43-,44-,45+,46+,47-,48+,49-,52-,53+/m0/s1. The van der Waals surface area contributed by atoms with E-state index in [1.54, 1.807) is 0 Å². The molecule has 0 N–H and O–H groups in total. The number of hydrogen-bond acceptors (Lipinski definition) is 9. The molecule has 8 rings (SSSR count). The van der Waals surface area contributed by atoms with Gasteiger partial charge < -0.3 is 37.3 Å². The van der Waals surface area contributed by atoms with Gasteiger partial charge in [0.15, 0.2) is 5.78 Å². The third-order valence-electron chi connectivity index (χ3n) is 14.0. The number of fused-ring (bicyclic) bond motifs is 3. The lowest BCUT2D eigenvalue weighted by Gasteiger charge is -2.62. The van der Waals surface area contributed by atoms with Gasteiger partial charge in [-0.1, -0.05) is 139 Å². The highest BCUT2D eigenvalue weighted by Crippen LogP contribution is 2.57. The SMILES string of the molecule is CC(C)(C)[Si]1(C(C)(C)C)OC[C@@]2(C)O[C@@]3(C)CCCC(=O)[C@H](C[C@H]4O[C@@H](COCc5ccccc5)[C@H](OCc5ccccc5)C[C@@H]4OCc4ccc5ccccc5c4)O[C@@H]3C[C@@H]2O1. The zero-order chi connectivity index (χ0) is 44.5. The molecule has 63 heavy (non-hydrogen) atoms. The fourth-order valence-corrected chi connectivity index (χ4v) is 15.8. The molecular weight excluding hydrogens is 809 g/mol. The molecule has 9 atom stereocenters. The third kappa shape index (κ3) is 10.3. The van der Waals surface area contributed by atoms with E-state index in [1.807, 2.05) is 36.4 Å². The highest BCUT2D eigenvalue weighted by atomic mass is 28.4. The summed E-state index contributed by atoms with van der Waals surface area (Å²) < 4.78 is 55.6. The topological polar surface area (TPSA) is 90.9 Å². The van der Waals surface area contributed by atoms with E-state index in [4.69, 9.17) is 37.3 Å². The second kappa shape index (κ2) is 18.9. The molecule has 4 saturated heterocycles. The van der Waals surface area contributed by atoms with Crippen molar-refractivity contribution in [3.05, 3.63) is 120 Å². The van der Waals surface area contributed by atoms with Crippen molar-refractivity contribution in [2.45, 2.75) is 178 Å². The summed E-state index contributed by atoms with van der Waals surface area (Å²) in [5.74, 6) is 0.0857. The summed E-state index contributed by atoms with van der Waals surface area (Å²) in [6.07, 6.45) is 0.403. The van der Waals surface area contributed by atoms with Gasteiger partial charge in [0.1, 0.15) is 17.8 Å². The van der Waals surface area contributed by atoms with Gasteiger partial charge in [-0.2, -0.15) is 0 Å². The third-order valence-corrected chi connectivity index (χ3v) is 19.1. The minimum Gasteiger partial charge on any atom is -0.390 e. The Hall–Kier alpha value is -3.29. The molecule has 4 aromatic rings. The first-order valence-electron chi connectivity index (χ1n) is 23.3. The lowest BCUT2D eigenvalue weighted by atomic mass is 9.78. The van der Waals surface area contributed by atoms with E-state index >= 15 is 0 Å². The molecule has 4 heterocycles. The monoisotopic (exact) mass is 878 g/mol. The van der Waals surface area contributed by atoms with Gasteiger partial charge in [0.05, 0.1) is 69.2 Å². The number of carbonyl (C=O) groups excluding carboxylic acids is 1. The van der Waals surface area contributed by atoms with Gasteiger partial charge in [-0.15, -0.1) is 0 Å². The number of carbonyl (C=O) groups is 1. The first kappa shape index (κ1) is 46.2. The van der Waals surface area contributed by atoms with Gasteiger partial charge in [0.25, 0.3) is 0 Å². The number of ether oxygens (including phenoxy) is 6. The Kier molecular flexibility index (Phi) is 13.9. The molecule has 4 aliphatic heterocycles. The van der Waals surface area contributed by atoms with E-state index in [9.17, 15) is 4.79 Å². The maximum Gasteiger partial charge on any atom is 0.349 e. The molecular formula is C53H70O9Si. The first-order valence-corrected chi connectivity index (χ1v) is 25.1. The van der Waals surface area contributed by atoms with Gasteiger partial charge in [-0.25, -0.2) is 0 Å². The molecule has 4 fully saturated rings. The molecule has 0 saturated carbocycles. The fraction of sp³-hybridized carbons (Fsp3) is 0.566. The van der Waals surface area contributed by atoms with Gasteiger partial charge in [-0.05, 0) is 60.2 Å². The summed E-state index contributed by atoms with van der Waals surface area (Å²) in [5, 5.41) is 1.98. The van der Waals surface area contributed by atoms with Crippen molar-refractivity contribution in [1.29, 1.82) is 0 Å². The van der Waals surface area contributed by atoms with Crippen LogP contribution in [0.15, 0.2) is 103 Å². The van der Waals surface area contributed by atoms with E-state index in [2.05, 4.69) is 122 Å². The zero-order valence-corrected chi connectivity index (χ0v) is 39.8. The van der Waals surface area contributed by atoms with Gasteiger partial charge in [0.2, 0.25) is 0 Å². The van der Waals surface area contributed by atoms with Crippen molar-refractivity contribution in [1.82, 2.24) is 0 Å². The number of hydrogen-bond donors (Lipinski definition) is 0. The van der Waals surface area contributed by atoms with Crippen LogP contribution in [0.3, 0.4) is 0 Å². The van der Waals surface area contributed by atoms with Crippen molar-refractivity contribution in [3.63, 3.8) is 0 Å². The summed E-state index contributed by atoms with van der Waals surface area (Å²) in [4.78, 5) is 14.3. The van der Waals surface area contributed by atoms with Crippen LogP contribution in [0, 0.1) is 0 Å². The molecule has 4 aliphatic rings. The maximum absolute atomic E-state index is 14.3. The molecule has 0 spiro atoms. The van der Waals surface area contributed by atoms with Crippen molar-refractivity contribution < 1.29 is 42.1 Å². The maximum atomic E-state index is 14.3. The Balaban J connectivity index is 1.06. The predicted molar refractivity (Wildman–Crippen MR) is 248 cm³/mol. The normalized spacial score (nSPS) is 31.4. The van der Waals surface area contributed by atoms with Crippen molar-refractivity contribution in [3.8, 4) is 0 Å². The van der Waals surface area contributed by atoms with Crippen LogP contribution in [0.25, 0.3) is 10.8 Å². The molecule has 9 nitrogen and oxygen atoms in total. The second-order valence-corrected chi connectivity index (χ2v) is 25.7. The number of ketones is 1. The van der Waals surface area contributed by atoms with E-state index in [1.165, 1.54) is 5.39 Å². The van der Waals surface area contributed by atoms with E-state index in [0.717, 1.165) is 22.1 Å². The number of rotatable bonds is 12. The Morgan fingerprint density at radius 2 is 1.29 bits per heavy atom. The molecule has 0 bridgehead atoms. The Bertz CT molecular complexity index is 2120. The second-order valence-electron chi connectivity index (χ2n) is 21.0. The molecule has 0 unspecified atom stereocenters. The van der Waals surface area contributed by atoms with Crippen LogP contribution in [-0.4, -0.2) is 81.5 Å². The van der Waals surface area contributed by atoms with Crippen LogP contribution in [0.2, 0.25) is 10.1 Å². The van der Waals surface area contributed by atoms with Crippen LogP contribution >= 0.6 is 0 Å². The molecule has 340 valence electrons. The number of benzene rings is 4. The van der Waals surface area contributed by atoms with Gasteiger partial charge in [0, 0.05) is 35.8 Å². The lowest BCUT2D eigenvalue weighted by molar-refractivity contribution is -0.302. The Labute approximate surface area is 376 Å². The Morgan fingerprint density at radius 3 is 1.97 bits per heavy atom. The van der Waals surface area contributed by atoms with Crippen LogP contribution in [0.1, 0.15) is 111 Å². The van der Waals surface area contributed by atoms with Gasteiger partial charge in [-0.3, -0.25) is 4.79 Å². The fourth-order valence-electron chi connectivity index (χ4n) is 10.7. The molecule has 0 aliphatic carbocycles. The number of Topliss-reactive ketones (excluding diaryl/α,β-unsaturated/α-hetero) is 1. The molecule has 0 aromatic heterocycles. The van der Waals surface area contributed by atoms with Crippen molar-refractivity contribution in [2.75, 3.05) is 13.2 Å². The lowest BCUT2D eigenvalue weighted by Crippen LogP contribution is -2.73. The quantitative estimate of drug-likeness (QED) is 0.129. The average Bonchev–Trinajstić information content (AvgIpc) is 3.24.